The lowest BCUT2D eigenvalue weighted by Crippen LogP contribution is -2.05. The Morgan fingerprint density at radius 3 is 2.00 bits per heavy atom. The minimum Gasteiger partial charge on any atom is -0.289 e. The largest absolute Gasteiger partial charge is 0.289 e. The minimum absolute atomic E-state index is 0.0593. The average molecular weight is 273 g/mol. The van der Waals surface area contributed by atoms with E-state index in [2.05, 4.69) is 6.07 Å². The van der Waals surface area contributed by atoms with Crippen molar-refractivity contribution in [3.8, 4) is 0 Å². The van der Waals surface area contributed by atoms with E-state index in [9.17, 15) is 4.79 Å². The molecule has 0 fully saturated rings. The first kappa shape index (κ1) is 13.8. The van der Waals surface area contributed by atoms with Gasteiger partial charge in [0.05, 0.1) is 0 Å². The molecule has 0 amide bonds. The fourth-order valence-corrected chi connectivity index (χ4v) is 2.51. The van der Waals surface area contributed by atoms with Gasteiger partial charge in [-0.3, -0.25) is 4.79 Å². The number of aryl methyl sites for hydroxylation is 4. The van der Waals surface area contributed by atoms with Gasteiger partial charge in [0.1, 0.15) is 0 Å². The number of halogens is 1. The second-order valence-electron chi connectivity index (χ2n) is 5.12. The molecular weight excluding hydrogens is 256 g/mol. The van der Waals surface area contributed by atoms with Crippen LogP contribution in [0.3, 0.4) is 0 Å². The second-order valence-corrected chi connectivity index (χ2v) is 5.53. The van der Waals surface area contributed by atoms with Crippen LogP contribution in [0.2, 0.25) is 5.02 Å². The fourth-order valence-electron chi connectivity index (χ4n) is 2.29. The molecule has 0 heterocycles. The molecule has 1 nitrogen and oxygen atoms in total. The predicted octanol–water partition coefficient (Wildman–Crippen LogP) is 4.80. The lowest BCUT2D eigenvalue weighted by atomic mass is 9.95. The van der Waals surface area contributed by atoms with E-state index in [1.165, 1.54) is 0 Å². The first-order chi connectivity index (χ1) is 8.88. The van der Waals surface area contributed by atoms with Crippen molar-refractivity contribution in [1.82, 2.24) is 0 Å². The lowest BCUT2D eigenvalue weighted by Gasteiger charge is -2.09. The smallest absolute Gasteiger partial charge is 0.193 e. The Morgan fingerprint density at radius 1 is 0.842 bits per heavy atom. The van der Waals surface area contributed by atoms with Gasteiger partial charge in [0.15, 0.2) is 5.78 Å². The summed E-state index contributed by atoms with van der Waals surface area (Å²) in [6.07, 6.45) is 0. The van der Waals surface area contributed by atoms with Crippen molar-refractivity contribution in [1.29, 1.82) is 0 Å². The van der Waals surface area contributed by atoms with Crippen LogP contribution in [0.25, 0.3) is 0 Å². The van der Waals surface area contributed by atoms with Crippen LogP contribution >= 0.6 is 11.6 Å². The molecule has 0 aliphatic carbocycles. The van der Waals surface area contributed by atoms with Crippen LogP contribution in [-0.4, -0.2) is 5.78 Å². The molecule has 0 aliphatic heterocycles. The number of carbonyl (C=O) groups is 1. The molecule has 0 atom stereocenters. The van der Waals surface area contributed by atoms with Gasteiger partial charge in [-0.05, 0) is 63.1 Å². The summed E-state index contributed by atoms with van der Waals surface area (Å²) < 4.78 is 0. The predicted molar refractivity (Wildman–Crippen MR) is 80.3 cm³/mol. The number of ketones is 1. The van der Waals surface area contributed by atoms with Crippen molar-refractivity contribution in [2.24, 2.45) is 0 Å². The first-order valence-corrected chi connectivity index (χ1v) is 6.66. The average Bonchev–Trinajstić information content (AvgIpc) is 2.31. The number of benzene rings is 2. The monoisotopic (exact) mass is 272 g/mol. The third-order valence-electron chi connectivity index (χ3n) is 3.23. The van der Waals surface area contributed by atoms with Crippen LogP contribution in [0.5, 0.6) is 0 Å². The van der Waals surface area contributed by atoms with Gasteiger partial charge in [-0.15, -0.1) is 0 Å². The zero-order chi connectivity index (χ0) is 14.2. The summed E-state index contributed by atoms with van der Waals surface area (Å²) in [5, 5.41) is 0.703. The molecule has 0 bridgehead atoms. The maximum atomic E-state index is 12.6. The van der Waals surface area contributed by atoms with Gasteiger partial charge in [0.2, 0.25) is 0 Å². The summed E-state index contributed by atoms with van der Waals surface area (Å²) >= 11 is 6.08. The molecular formula is C17H17ClO. The molecule has 2 aromatic rings. The van der Waals surface area contributed by atoms with E-state index in [0.29, 0.717) is 5.02 Å². The van der Waals surface area contributed by atoms with Gasteiger partial charge in [0, 0.05) is 16.1 Å². The molecule has 0 spiro atoms. The van der Waals surface area contributed by atoms with Crippen LogP contribution in [-0.2, 0) is 0 Å². The van der Waals surface area contributed by atoms with Gasteiger partial charge in [-0.25, -0.2) is 0 Å². The topological polar surface area (TPSA) is 17.1 Å². The Balaban J connectivity index is 2.53. The van der Waals surface area contributed by atoms with E-state index in [4.69, 9.17) is 11.6 Å². The zero-order valence-corrected chi connectivity index (χ0v) is 12.4. The van der Waals surface area contributed by atoms with Crippen molar-refractivity contribution in [2.75, 3.05) is 0 Å². The van der Waals surface area contributed by atoms with Gasteiger partial charge < -0.3 is 0 Å². The Kier molecular flexibility index (Phi) is 3.77. The lowest BCUT2D eigenvalue weighted by molar-refractivity contribution is 0.103. The third kappa shape index (κ3) is 2.87. The van der Waals surface area contributed by atoms with Gasteiger partial charge >= 0.3 is 0 Å². The number of hydrogen-bond donors (Lipinski definition) is 0. The summed E-state index contributed by atoms with van der Waals surface area (Å²) in [7, 11) is 0. The highest BCUT2D eigenvalue weighted by Crippen LogP contribution is 2.23. The quantitative estimate of drug-likeness (QED) is 0.718. The second kappa shape index (κ2) is 5.18. The normalized spacial score (nSPS) is 10.6. The van der Waals surface area contributed by atoms with E-state index < -0.39 is 0 Å². The van der Waals surface area contributed by atoms with E-state index in [0.717, 1.165) is 33.4 Å². The van der Waals surface area contributed by atoms with Crippen LogP contribution in [0.15, 0.2) is 30.3 Å². The van der Waals surface area contributed by atoms with E-state index in [-0.39, 0.29) is 5.78 Å². The molecule has 0 aliphatic rings. The summed E-state index contributed by atoms with van der Waals surface area (Å²) in [4.78, 5) is 12.6. The molecule has 0 saturated carbocycles. The molecule has 0 N–H and O–H groups in total. The molecule has 2 aromatic carbocycles. The molecule has 98 valence electrons. The standard InChI is InChI=1S/C17H17ClO/c1-10-5-11(2)7-14(6-10)17(19)15-8-13(4)16(18)9-12(15)3/h5-9H,1-4H3. The fraction of sp³-hybridized carbons (Fsp3) is 0.235. The Morgan fingerprint density at radius 2 is 1.42 bits per heavy atom. The zero-order valence-electron chi connectivity index (χ0n) is 11.7. The van der Waals surface area contributed by atoms with Gasteiger partial charge in [-0.2, -0.15) is 0 Å². The maximum Gasteiger partial charge on any atom is 0.193 e. The van der Waals surface area contributed by atoms with Crippen molar-refractivity contribution in [2.45, 2.75) is 27.7 Å². The van der Waals surface area contributed by atoms with Crippen LogP contribution < -0.4 is 0 Å². The first-order valence-electron chi connectivity index (χ1n) is 6.28. The Hall–Kier alpha value is -1.60. The van der Waals surface area contributed by atoms with Gasteiger partial charge in [0.25, 0.3) is 0 Å². The molecule has 0 radical (unpaired) electrons. The van der Waals surface area contributed by atoms with Crippen molar-refractivity contribution in [3.63, 3.8) is 0 Å². The molecule has 19 heavy (non-hydrogen) atoms. The van der Waals surface area contributed by atoms with E-state index in [1.807, 2.05) is 52.0 Å². The number of rotatable bonds is 2. The highest BCUT2D eigenvalue weighted by molar-refractivity contribution is 6.31. The van der Waals surface area contributed by atoms with Crippen LogP contribution in [0, 0.1) is 27.7 Å². The highest BCUT2D eigenvalue weighted by atomic mass is 35.5. The van der Waals surface area contributed by atoms with Crippen molar-refractivity contribution in [3.05, 3.63) is 68.7 Å². The van der Waals surface area contributed by atoms with Gasteiger partial charge in [-0.1, -0.05) is 28.8 Å². The SMILES string of the molecule is Cc1cc(C)cc(C(=O)c2cc(C)c(Cl)cc2C)c1. The molecule has 0 aromatic heterocycles. The summed E-state index contributed by atoms with van der Waals surface area (Å²) in [6.45, 7) is 7.84. The summed E-state index contributed by atoms with van der Waals surface area (Å²) in [5.74, 6) is 0.0593. The van der Waals surface area contributed by atoms with Crippen LogP contribution in [0.1, 0.15) is 38.2 Å². The number of hydrogen-bond acceptors (Lipinski definition) is 1. The van der Waals surface area contributed by atoms with E-state index >= 15 is 0 Å². The Bertz CT molecular complexity index is 636. The third-order valence-corrected chi connectivity index (χ3v) is 3.64. The summed E-state index contributed by atoms with van der Waals surface area (Å²) in [5.41, 5.74) is 5.52. The number of carbonyl (C=O) groups excluding carboxylic acids is 1. The summed E-state index contributed by atoms with van der Waals surface area (Å²) in [6, 6.07) is 9.65. The van der Waals surface area contributed by atoms with Crippen molar-refractivity contribution >= 4 is 17.4 Å². The Labute approximate surface area is 119 Å². The minimum atomic E-state index is 0.0593. The maximum absolute atomic E-state index is 12.6. The molecule has 2 heteroatoms. The molecule has 2 rings (SSSR count). The molecule has 0 saturated heterocycles. The van der Waals surface area contributed by atoms with Crippen molar-refractivity contribution < 1.29 is 4.79 Å². The van der Waals surface area contributed by atoms with Crippen LogP contribution in [0.4, 0.5) is 0 Å². The van der Waals surface area contributed by atoms with E-state index in [1.54, 1.807) is 0 Å². The highest BCUT2D eigenvalue weighted by Gasteiger charge is 2.14. The molecule has 0 unspecified atom stereocenters.